The van der Waals surface area contributed by atoms with Gasteiger partial charge in [0, 0.05) is 27.7 Å². The molecule has 2 N–H and O–H groups in total. The van der Waals surface area contributed by atoms with Crippen LogP contribution in [-0.2, 0) is 9.84 Å². The highest BCUT2D eigenvalue weighted by molar-refractivity contribution is 7.91. The molecule has 7 heteroatoms. The Morgan fingerprint density at radius 2 is 1.87 bits per heavy atom. The molecule has 1 heterocycles. The zero-order valence-electron chi connectivity index (χ0n) is 12.2. The van der Waals surface area contributed by atoms with Gasteiger partial charge >= 0.3 is 0 Å². The largest absolute Gasteiger partial charge is 0.497 e. The van der Waals surface area contributed by atoms with Crippen LogP contribution in [-0.4, -0.2) is 25.6 Å². The fourth-order valence-corrected chi connectivity index (χ4v) is 3.85. The lowest BCUT2D eigenvalue weighted by Crippen LogP contribution is -2.13. The summed E-state index contributed by atoms with van der Waals surface area (Å²) in [5, 5.41) is 11.5. The SMILES string of the molecule is COc1ccc(S(=O)(=O)C(O)c2c[nH]c3ccc(Cl)cc23)cc1. The van der Waals surface area contributed by atoms with Gasteiger partial charge < -0.3 is 14.8 Å². The number of aromatic amines is 1. The third kappa shape index (κ3) is 2.81. The topological polar surface area (TPSA) is 79.4 Å². The molecule has 2 aromatic carbocycles. The number of halogens is 1. The van der Waals surface area contributed by atoms with Gasteiger partial charge in [-0.2, -0.15) is 0 Å². The lowest BCUT2D eigenvalue weighted by molar-refractivity contribution is 0.256. The average molecular weight is 352 g/mol. The van der Waals surface area contributed by atoms with E-state index in [9.17, 15) is 13.5 Å². The number of ether oxygens (including phenoxy) is 1. The van der Waals surface area contributed by atoms with Crippen LogP contribution in [0.25, 0.3) is 10.9 Å². The van der Waals surface area contributed by atoms with E-state index in [4.69, 9.17) is 16.3 Å². The Kier molecular flexibility index (Phi) is 4.06. The van der Waals surface area contributed by atoms with E-state index in [0.717, 1.165) is 0 Å². The molecule has 0 saturated heterocycles. The quantitative estimate of drug-likeness (QED) is 0.756. The third-order valence-electron chi connectivity index (χ3n) is 3.62. The van der Waals surface area contributed by atoms with Crippen LogP contribution in [0.3, 0.4) is 0 Å². The van der Waals surface area contributed by atoms with E-state index >= 15 is 0 Å². The second kappa shape index (κ2) is 5.88. The highest BCUT2D eigenvalue weighted by Crippen LogP contribution is 2.33. The van der Waals surface area contributed by atoms with Gasteiger partial charge in [0.05, 0.1) is 12.0 Å². The van der Waals surface area contributed by atoms with Gasteiger partial charge in [-0.3, -0.25) is 0 Å². The minimum atomic E-state index is -3.95. The molecule has 120 valence electrons. The number of aromatic nitrogens is 1. The highest BCUT2D eigenvalue weighted by atomic mass is 35.5. The van der Waals surface area contributed by atoms with Crippen LogP contribution in [0.2, 0.25) is 5.02 Å². The summed E-state index contributed by atoms with van der Waals surface area (Å²) in [6.45, 7) is 0. The first-order chi connectivity index (χ1) is 10.9. The van der Waals surface area contributed by atoms with Gasteiger partial charge in [-0.25, -0.2) is 8.42 Å². The van der Waals surface area contributed by atoms with Crippen LogP contribution in [0.5, 0.6) is 5.75 Å². The molecule has 0 bridgehead atoms. The van der Waals surface area contributed by atoms with E-state index in [0.29, 0.717) is 21.7 Å². The number of nitrogens with one attached hydrogen (secondary N) is 1. The molecule has 3 aromatic rings. The Balaban J connectivity index is 2.05. The van der Waals surface area contributed by atoms with Crippen molar-refractivity contribution in [3.05, 3.63) is 59.2 Å². The molecule has 0 fully saturated rings. The van der Waals surface area contributed by atoms with Crippen molar-refractivity contribution in [2.24, 2.45) is 0 Å². The first-order valence-electron chi connectivity index (χ1n) is 6.76. The van der Waals surface area contributed by atoms with Crippen molar-refractivity contribution in [1.29, 1.82) is 0 Å². The molecule has 1 aromatic heterocycles. The van der Waals surface area contributed by atoms with E-state index in [1.807, 2.05) is 0 Å². The normalized spacial score (nSPS) is 13.2. The van der Waals surface area contributed by atoms with Crippen LogP contribution < -0.4 is 4.74 Å². The summed E-state index contributed by atoms with van der Waals surface area (Å²) >= 11 is 5.96. The van der Waals surface area contributed by atoms with Crippen LogP contribution >= 0.6 is 11.6 Å². The second-order valence-electron chi connectivity index (χ2n) is 5.01. The number of aliphatic hydroxyl groups is 1. The number of aliphatic hydroxyl groups excluding tert-OH is 1. The van der Waals surface area contributed by atoms with Gasteiger partial charge in [-0.1, -0.05) is 11.6 Å². The van der Waals surface area contributed by atoms with Gasteiger partial charge in [0.15, 0.2) is 5.44 Å². The van der Waals surface area contributed by atoms with E-state index in [-0.39, 0.29) is 10.5 Å². The maximum absolute atomic E-state index is 12.6. The monoisotopic (exact) mass is 351 g/mol. The van der Waals surface area contributed by atoms with Gasteiger partial charge in [0.25, 0.3) is 0 Å². The fourth-order valence-electron chi connectivity index (χ4n) is 2.38. The summed E-state index contributed by atoms with van der Waals surface area (Å²) in [6, 6.07) is 10.9. The van der Waals surface area contributed by atoms with Crippen molar-refractivity contribution in [3.8, 4) is 5.75 Å². The number of hydrogen-bond acceptors (Lipinski definition) is 4. The maximum atomic E-state index is 12.6. The number of benzene rings is 2. The van der Waals surface area contributed by atoms with E-state index in [2.05, 4.69) is 4.98 Å². The molecule has 0 spiro atoms. The van der Waals surface area contributed by atoms with E-state index in [1.54, 1.807) is 18.2 Å². The van der Waals surface area contributed by atoms with Crippen LogP contribution in [0.1, 0.15) is 11.0 Å². The Morgan fingerprint density at radius 3 is 2.52 bits per heavy atom. The lowest BCUT2D eigenvalue weighted by atomic mass is 10.2. The molecule has 0 aliphatic carbocycles. The average Bonchev–Trinajstić information content (AvgIpc) is 2.97. The summed E-state index contributed by atoms with van der Waals surface area (Å²) < 4.78 is 30.3. The molecule has 3 rings (SSSR count). The van der Waals surface area contributed by atoms with Gasteiger partial charge in [0.1, 0.15) is 5.75 Å². The standard InChI is InChI=1S/C16H14ClNO4S/c1-22-11-3-5-12(6-4-11)23(20,21)16(19)14-9-18-15-7-2-10(17)8-13(14)15/h2-9,16,18-19H,1H3. The minimum Gasteiger partial charge on any atom is -0.497 e. The molecule has 0 aliphatic heterocycles. The van der Waals surface area contributed by atoms with Crippen LogP contribution in [0.4, 0.5) is 0 Å². The number of H-pyrrole nitrogens is 1. The third-order valence-corrected chi connectivity index (χ3v) is 5.63. The van der Waals surface area contributed by atoms with Crippen LogP contribution in [0.15, 0.2) is 53.6 Å². The smallest absolute Gasteiger partial charge is 0.209 e. The summed E-state index contributed by atoms with van der Waals surface area (Å²) in [5.74, 6) is 0.539. The van der Waals surface area contributed by atoms with Crippen molar-refractivity contribution >= 4 is 32.3 Å². The Morgan fingerprint density at radius 1 is 1.17 bits per heavy atom. The van der Waals surface area contributed by atoms with Crippen molar-refractivity contribution in [1.82, 2.24) is 4.98 Å². The molecule has 1 atom stereocenters. The first kappa shape index (κ1) is 15.9. The Bertz CT molecular complexity index is 948. The summed E-state index contributed by atoms with van der Waals surface area (Å²) in [7, 11) is -2.46. The number of hydrogen-bond donors (Lipinski definition) is 2. The Labute approximate surface area is 138 Å². The molecular weight excluding hydrogens is 338 g/mol. The van der Waals surface area contributed by atoms with Crippen LogP contribution in [0, 0.1) is 0 Å². The second-order valence-corrected chi connectivity index (χ2v) is 7.45. The lowest BCUT2D eigenvalue weighted by Gasteiger charge is -2.12. The number of sulfone groups is 1. The highest BCUT2D eigenvalue weighted by Gasteiger charge is 2.29. The molecule has 0 saturated carbocycles. The molecule has 1 unspecified atom stereocenters. The minimum absolute atomic E-state index is 0.0159. The van der Waals surface area contributed by atoms with E-state index in [1.165, 1.54) is 37.6 Å². The molecule has 0 radical (unpaired) electrons. The Hall–Kier alpha value is -2.02. The molecular formula is C16H14ClNO4S. The summed E-state index contributed by atoms with van der Waals surface area (Å²) in [4.78, 5) is 2.95. The molecule has 5 nitrogen and oxygen atoms in total. The maximum Gasteiger partial charge on any atom is 0.209 e. The van der Waals surface area contributed by atoms with Crippen molar-refractivity contribution < 1.29 is 18.3 Å². The van der Waals surface area contributed by atoms with Gasteiger partial charge in [-0.05, 0) is 42.5 Å². The summed E-state index contributed by atoms with van der Waals surface area (Å²) in [5.41, 5.74) is -0.727. The van der Waals surface area contributed by atoms with E-state index < -0.39 is 15.3 Å². The van der Waals surface area contributed by atoms with Crippen molar-refractivity contribution in [2.45, 2.75) is 10.3 Å². The predicted molar refractivity (Wildman–Crippen MR) is 88.4 cm³/mol. The van der Waals surface area contributed by atoms with Crippen molar-refractivity contribution in [3.63, 3.8) is 0 Å². The summed E-state index contributed by atoms with van der Waals surface area (Å²) in [6.07, 6.45) is 1.48. The molecule has 0 aliphatic rings. The molecule has 0 amide bonds. The fraction of sp³-hybridized carbons (Fsp3) is 0.125. The predicted octanol–water partition coefficient (Wildman–Crippen LogP) is 3.29. The van der Waals surface area contributed by atoms with Gasteiger partial charge in [0.2, 0.25) is 9.84 Å². The number of rotatable bonds is 4. The zero-order chi connectivity index (χ0) is 16.6. The molecule has 23 heavy (non-hydrogen) atoms. The van der Waals surface area contributed by atoms with Crippen molar-refractivity contribution in [2.75, 3.05) is 7.11 Å². The number of methoxy groups -OCH3 is 1. The number of fused-ring (bicyclic) bond motifs is 1. The first-order valence-corrected chi connectivity index (χ1v) is 8.68. The van der Waals surface area contributed by atoms with Gasteiger partial charge in [-0.15, -0.1) is 0 Å². The zero-order valence-corrected chi connectivity index (χ0v) is 13.7.